The first kappa shape index (κ1) is 24.8. The number of aromatic nitrogens is 1. The lowest BCUT2D eigenvalue weighted by Crippen LogP contribution is -2.65. The Bertz CT molecular complexity index is 957. The number of ether oxygens (including phenoxy) is 1. The molecule has 182 valence electrons. The predicted molar refractivity (Wildman–Crippen MR) is 99.7 cm³/mol. The molecule has 13 heteroatoms. The first-order chi connectivity index (χ1) is 15.3. The normalized spacial score (nSPS) is 18.1. The second-order valence-corrected chi connectivity index (χ2v) is 7.62. The average Bonchev–Trinajstić information content (AvgIpc) is 3.39. The summed E-state index contributed by atoms with van der Waals surface area (Å²) >= 11 is 0. The van der Waals surface area contributed by atoms with E-state index < -0.39 is 59.3 Å². The summed E-state index contributed by atoms with van der Waals surface area (Å²) in [6.45, 7) is 0.978. The number of rotatable bonds is 7. The molecule has 1 aliphatic rings. The summed E-state index contributed by atoms with van der Waals surface area (Å²) in [6, 6.07) is 2.19. The summed E-state index contributed by atoms with van der Waals surface area (Å²) in [4.78, 5) is 17.1. The first-order valence-corrected chi connectivity index (χ1v) is 9.89. The van der Waals surface area contributed by atoms with E-state index in [4.69, 9.17) is 4.74 Å². The van der Waals surface area contributed by atoms with Gasteiger partial charge >= 0.3 is 12.4 Å². The van der Waals surface area contributed by atoms with E-state index >= 15 is 0 Å². The number of carbonyl (C=O) groups excluding carboxylic acids is 1. The van der Waals surface area contributed by atoms with E-state index in [9.17, 15) is 35.5 Å². The molecule has 33 heavy (non-hydrogen) atoms. The smallest absolute Gasteiger partial charge is 0.429 e. The van der Waals surface area contributed by atoms with E-state index in [1.54, 1.807) is 0 Å². The van der Waals surface area contributed by atoms with Gasteiger partial charge < -0.3 is 14.5 Å². The third-order valence-corrected chi connectivity index (χ3v) is 5.15. The number of halogens is 7. The highest BCUT2D eigenvalue weighted by Crippen LogP contribution is 2.44. The molecule has 2 heterocycles. The van der Waals surface area contributed by atoms with Gasteiger partial charge in [0.25, 0.3) is 5.91 Å². The van der Waals surface area contributed by atoms with Crippen LogP contribution in [0, 0.1) is 5.82 Å². The largest absolute Gasteiger partial charge is 0.487 e. The molecule has 0 bridgehead atoms. The van der Waals surface area contributed by atoms with Gasteiger partial charge in [-0.3, -0.25) is 9.69 Å². The Kier molecular flexibility index (Phi) is 6.91. The summed E-state index contributed by atoms with van der Waals surface area (Å²) in [5.41, 5.74) is -4.19. The fourth-order valence-corrected chi connectivity index (χ4v) is 3.76. The Hall–Kier alpha value is -2.83. The highest BCUT2D eigenvalue weighted by Gasteiger charge is 2.61. The lowest BCUT2D eigenvalue weighted by Gasteiger charge is -2.43. The maximum absolute atomic E-state index is 14.7. The van der Waals surface area contributed by atoms with E-state index in [0.717, 1.165) is 36.6 Å². The van der Waals surface area contributed by atoms with E-state index in [1.807, 2.05) is 5.32 Å². The van der Waals surface area contributed by atoms with Gasteiger partial charge in [0, 0.05) is 18.7 Å². The molecule has 1 N–H and O–H groups in total. The number of amides is 1. The maximum atomic E-state index is 14.7. The van der Waals surface area contributed by atoms with Gasteiger partial charge in [-0.25, -0.2) is 9.37 Å². The molecule has 2 atom stereocenters. The van der Waals surface area contributed by atoms with Gasteiger partial charge in [-0.2, -0.15) is 26.3 Å². The third kappa shape index (κ3) is 5.40. The highest BCUT2D eigenvalue weighted by molar-refractivity contribution is 5.92. The molecular formula is C20H20F7N3O3. The summed E-state index contributed by atoms with van der Waals surface area (Å²) in [6.07, 6.45) is -9.96. The highest BCUT2D eigenvalue weighted by atomic mass is 19.4. The number of nitrogens with zero attached hydrogens (tertiary/aromatic N) is 2. The van der Waals surface area contributed by atoms with Crippen LogP contribution < -0.4 is 10.1 Å². The number of benzene rings is 1. The number of hydrogen-bond acceptors (Lipinski definition) is 5. The van der Waals surface area contributed by atoms with Gasteiger partial charge in [0.1, 0.15) is 12.4 Å². The molecule has 2 aromatic rings. The zero-order valence-electron chi connectivity index (χ0n) is 17.3. The fraction of sp³-hybridized carbons (Fsp3) is 0.500. The Balaban J connectivity index is 2.01. The predicted octanol–water partition coefficient (Wildman–Crippen LogP) is 4.77. The number of alkyl halides is 6. The Morgan fingerprint density at radius 1 is 1.21 bits per heavy atom. The van der Waals surface area contributed by atoms with E-state index in [-0.39, 0.29) is 13.1 Å². The summed E-state index contributed by atoms with van der Waals surface area (Å²) < 4.78 is 106. The van der Waals surface area contributed by atoms with Gasteiger partial charge in [-0.05, 0) is 31.9 Å². The Morgan fingerprint density at radius 3 is 2.39 bits per heavy atom. The van der Waals surface area contributed by atoms with Crippen molar-refractivity contribution in [1.29, 1.82) is 0 Å². The van der Waals surface area contributed by atoms with Crippen LogP contribution in [0.4, 0.5) is 30.7 Å². The molecule has 0 spiro atoms. The lowest BCUT2D eigenvalue weighted by atomic mass is 9.95. The SMILES string of the molecule is CC(CC(F)(F)F)Oc1ccc(C(NC(=O)c2cocn2)(N2CCCC2)C(F)(F)F)cc1F. The number of carbonyl (C=O) groups is 1. The quantitative estimate of drug-likeness (QED) is 0.575. The van der Waals surface area contributed by atoms with Gasteiger partial charge in [0.2, 0.25) is 5.66 Å². The van der Waals surface area contributed by atoms with Crippen LogP contribution in [0.2, 0.25) is 0 Å². The van der Waals surface area contributed by atoms with Gasteiger partial charge in [0.15, 0.2) is 23.7 Å². The minimum atomic E-state index is -5.10. The van der Waals surface area contributed by atoms with E-state index in [0.29, 0.717) is 18.9 Å². The first-order valence-electron chi connectivity index (χ1n) is 9.89. The molecule has 3 rings (SSSR count). The molecule has 1 aromatic heterocycles. The molecule has 2 unspecified atom stereocenters. The standard InChI is InChI=1S/C20H20F7N3O3/c1-12(9-18(22,23)24)33-16-5-4-13(8-14(16)21)19(20(25,26)27,30-6-2-3-7-30)29-17(31)15-10-32-11-28-15/h4-5,8,10-12H,2-3,6-7,9H2,1H3,(H,29,31). The zero-order valence-corrected chi connectivity index (χ0v) is 17.3. The fourth-order valence-electron chi connectivity index (χ4n) is 3.76. The number of hydrogen-bond donors (Lipinski definition) is 1. The van der Waals surface area contributed by atoms with E-state index in [1.165, 1.54) is 0 Å². The summed E-state index contributed by atoms with van der Waals surface area (Å²) in [5.74, 6) is -3.15. The molecule has 6 nitrogen and oxygen atoms in total. The van der Waals surface area contributed by atoms with Crippen molar-refractivity contribution in [1.82, 2.24) is 15.2 Å². The summed E-state index contributed by atoms with van der Waals surface area (Å²) in [7, 11) is 0. The monoisotopic (exact) mass is 483 g/mol. The molecule has 1 aromatic carbocycles. The van der Waals surface area contributed by atoms with Crippen molar-refractivity contribution in [2.45, 2.75) is 50.3 Å². The third-order valence-electron chi connectivity index (χ3n) is 5.15. The second kappa shape index (κ2) is 9.20. The van der Waals surface area contributed by atoms with Crippen LogP contribution in [0.1, 0.15) is 42.2 Å². The summed E-state index contributed by atoms with van der Waals surface area (Å²) in [5, 5.41) is 1.93. The number of likely N-dealkylation sites (tertiary alicyclic amines) is 1. The van der Waals surface area contributed by atoms with Crippen molar-refractivity contribution >= 4 is 5.91 Å². The molecule has 0 saturated carbocycles. The van der Waals surface area contributed by atoms with Gasteiger partial charge in [-0.1, -0.05) is 6.07 Å². The second-order valence-electron chi connectivity index (χ2n) is 7.62. The molecular weight excluding hydrogens is 463 g/mol. The van der Waals surface area contributed by atoms with Crippen LogP contribution in [-0.4, -0.2) is 47.3 Å². The van der Waals surface area contributed by atoms with Crippen molar-refractivity contribution in [2.24, 2.45) is 0 Å². The van der Waals surface area contributed by atoms with Crippen LogP contribution in [0.3, 0.4) is 0 Å². The van der Waals surface area contributed by atoms with Gasteiger partial charge in [0.05, 0.1) is 6.42 Å². The van der Waals surface area contributed by atoms with Crippen molar-refractivity contribution in [2.75, 3.05) is 13.1 Å². The zero-order chi connectivity index (χ0) is 24.4. The Morgan fingerprint density at radius 2 is 1.88 bits per heavy atom. The van der Waals surface area contributed by atoms with Crippen LogP contribution in [0.25, 0.3) is 0 Å². The number of nitrogens with one attached hydrogen (secondary N) is 1. The van der Waals surface area contributed by atoms with Crippen LogP contribution >= 0.6 is 0 Å². The topological polar surface area (TPSA) is 67.6 Å². The molecule has 0 radical (unpaired) electrons. The molecule has 1 amide bonds. The minimum absolute atomic E-state index is 0.0406. The van der Waals surface area contributed by atoms with Crippen LogP contribution in [0.5, 0.6) is 5.75 Å². The minimum Gasteiger partial charge on any atom is -0.487 e. The van der Waals surface area contributed by atoms with Gasteiger partial charge in [-0.15, -0.1) is 0 Å². The Labute approximate surface area is 183 Å². The van der Waals surface area contributed by atoms with Crippen molar-refractivity contribution < 1.29 is 44.7 Å². The molecule has 0 aliphatic carbocycles. The van der Waals surface area contributed by atoms with Crippen molar-refractivity contribution in [3.05, 3.63) is 47.9 Å². The van der Waals surface area contributed by atoms with Crippen LogP contribution in [-0.2, 0) is 5.66 Å². The molecule has 1 fully saturated rings. The number of oxazole rings is 1. The average molecular weight is 483 g/mol. The maximum Gasteiger partial charge on any atom is 0.429 e. The van der Waals surface area contributed by atoms with E-state index in [2.05, 4.69) is 9.40 Å². The lowest BCUT2D eigenvalue weighted by molar-refractivity contribution is -0.243. The molecule has 1 aliphatic heterocycles. The van der Waals surface area contributed by atoms with Crippen molar-refractivity contribution in [3.8, 4) is 5.75 Å². The van der Waals surface area contributed by atoms with Crippen molar-refractivity contribution in [3.63, 3.8) is 0 Å². The van der Waals surface area contributed by atoms with Crippen LogP contribution in [0.15, 0.2) is 35.3 Å². The molecule has 1 saturated heterocycles.